The molecule has 0 aromatic rings. The molecule has 1 saturated heterocycles. The molecule has 0 spiro atoms. The van der Waals surface area contributed by atoms with E-state index in [-0.39, 0.29) is 11.6 Å². The average Bonchev–Trinajstić information content (AvgIpc) is 3.04. The van der Waals surface area contributed by atoms with Gasteiger partial charge in [0, 0.05) is 18.6 Å². The van der Waals surface area contributed by atoms with Gasteiger partial charge in [-0.15, -0.1) is 0 Å². The Balaban J connectivity index is 1.77. The van der Waals surface area contributed by atoms with Crippen LogP contribution in [0.2, 0.25) is 0 Å². The minimum absolute atomic E-state index is 0.133. The number of piperidine rings is 1. The first-order valence-corrected chi connectivity index (χ1v) is 7.54. The van der Waals surface area contributed by atoms with Crippen molar-refractivity contribution in [3.8, 4) is 0 Å². The van der Waals surface area contributed by atoms with Crippen LogP contribution in [-0.2, 0) is 4.74 Å². The number of hydrogen-bond acceptors (Lipinski definition) is 3. The van der Waals surface area contributed by atoms with Gasteiger partial charge in [0.1, 0.15) is 5.60 Å². The fraction of sp³-hybridized carbons (Fsp3) is 0.933. The Labute approximate surface area is 116 Å². The summed E-state index contributed by atoms with van der Waals surface area (Å²) in [7, 11) is 0. The second kappa shape index (κ2) is 5.31. The van der Waals surface area contributed by atoms with E-state index in [4.69, 9.17) is 10.5 Å². The zero-order chi connectivity index (χ0) is 14.1. The summed E-state index contributed by atoms with van der Waals surface area (Å²) in [5, 5.41) is 0. The van der Waals surface area contributed by atoms with Crippen molar-refractivity contribution in [1.82, 2.24) is 4.90 Å². The monoisotopic (exact) mass is 268 g/mol. The molecule has 2 fully saturated rings. The van der Waals surface area contributed by atoms with E-state index in [0.29, 0.717) is 5.92 Å². The highest BCUT2D eigenvalue weighted by Crippen LogP contribution is 2.38. The summed E-state index contributed by atoms with van der Waals surface area (Å²) >= 11 is 0. The van der Waals surface area contributed by atoms with E-state index < -0.39 is 5.60 Å². The van der Waals surface area contributed by atoms with Crippen LogP contribution in [0.25, 0.3) is 0 Å². The van der Waals surface area contributed by atoms with Crippen LogP contribution in [0.4, 0.5) is 4.79 Å². The molecule has 1 atom stereocenters. The smallest absolute Gasteiger partial charge is 0.410 e. The normalized spacial score (nSPS) is 26.1. The first-order valence-electron chi connectivity index (χ1n) is 7.54. The minimum Gasteiger partial charge on any atom is -0.444 e. The van der Waals surface area contributed by atoms with Crippen LogP contribution in [0.15, 0.2) is 0 Å². The summed E-state index contributed by atoms with van der Waals surface area (Å²) in [6, 6.07) is 0. The highest BCUT2D eigenvalue weighted by Gasteiger charge is 2.38. The molecule has 2 rings (SSSR count). The van der Waals surface area contributed by atoms with Gasteiger partial charge in [0.05, 0.1) is 0 Å². The van der Waals surface area contributed by atoms with Crippen molar-refractivity contribution in [3.63, 3.8) is 0 Å². The first-order chi connectivity index (χ1) is 8.77. The average molecular weight is 268 g/mol. The molecule has 0 aromatic carbocycles. The molecule has 19 heavy (non-hydrogen) atoms. The Morgan fingerprint density at radius 1 is 1.42 bits per heavy atom. The van der Waals surface area contributed by atoms with Crippen LogP contribution in [0.1, 0.15) is 59.3 Å². The van der Waals surface area contributed by atoms with Crippen molar-refractivity contribution in [2.24, 2.45) is 11.7 Å². The highest BCUT2D eigenvalue weighted by molar-refractivity contribution is 5.68. The van der Waals surface area contributed by atoms with Gasteiger partial charge < -0.3 is 15.4 Å². The molecule has 1 aliphatic carbocycles. The van der Waals surface area contributed by atoms with Crippen molar-refractivity contribution in [2.75, 3.05) is 13.1 Å². The quantitative estimate of drug-likeness (QED) is 0.856. The maximum atomic E-state index is 12.1. The molecule has 1 aliphatic heterocycles. The number of ether oxygens (including phenoxy) is 1. The van der Waals surface area contributed by atoms with E-state index >= 15 is 0 Å². The van der Waals surface area contributed by atoms with Gasteiger partial charge in [-0.25, -0.2) is 4.79 Å². The van der Waals surface area contributed by atoms with Crippen LogP contribution in [0.5, 0.6) is 0 Å². The zero-order valence-corrected chi connectivity index (χ0v) is 12.6. The molecule has 1 saturated carbocycles. The van der Waals surface area contributed by atoms with E-state index in [1.807, 2.05) is 25.7 Å². The van der Waals surface area contributed by atoms with Crippen LogP contribution >= 0.6 is 0 Å². The second-order valence-corrected chi connectivity index (χ2v) is 7.34. The van der Waals surface area contributed by atoms with Gasteiger partial charge in [-0.1, -0.05) is 0 Å². The van der Waals surface area contributed by atoms with Crippen molar-refractivity contribution in [3.05, 3.63) is 0 Å². The lowest BCUT2D eigenvalue weighted by Gasteiger charge is -2.34. The third-order valence-electron chi connectivity index (χ3n) is 4.11. The van der Waals surface area contributed by atoms with Crippen LogP contribution in [0, 0.1) is 5.92 Å². The molecule has 4 heteroatoms. The number of amides is 1. The van der Waals surface area contributed by atoms with E-state index in [0.717, 1.165) is 32.4 Å². The lowest BCUT2D eigenvalue weighted by molar-refractivity contribution is 0.0160. The molecule has 4 nitrogen and oxygen atoms in total. The van der Waals surface area contributed by atoms with Gasteiger partial charge in [0.15, 0.2) is 0 Å². The van der Waals surface area contributed by atoms with E-state index in [2.05, 4.69) is 0 Å². The summed E-state index contributed by atoms with van der Waals surface area (Å²) < 4.78 is 5.45. The van der Waals surface area contributed by atoms with Crippen molar-refractivity contribution in [2.45, 2.75) is 70.4 Å². The van der Waals surface area contributed by atoms with Gasteiger partial charge in [-0.2, -0.15) is 0 Å². The lowest BCUT2D eigenvalue weighted by atomic mass is 9.91. The van der Waals surface area contributed by atoms with Crippen LogP contribution in [-0.4, -0.2) is 35.2 Å². The second-order valence-electron chi connectivity index (χ2n) is 7.34. The Kier molecular flexibility index (Phi) is 4.09. The van der Waals surface area contributed by atoms with Gasteiger partial charge >= 0.3 is 6.09 Å². The predicted molar refractivity (Wildman–Crippen MR) is 75.9 cm³/mol. The number of carbonyl (C=O) groups is 1. The molecule has 1 unspecified atom stereocenters. The lowest BCUT2D eigenvalue weighted by Crippen LogP contribution is -2.43. The first kappa shape index (κ1) is 14.6. The number of rotatable bonds is 3. The molecule has 0 radical (unpaired) electrons. The summed E-state index contributed by atoms with van der Waals surface area (Å²) in [5.74, 6) is 0.599. The zero-order valence-electron chi connectivity index (χ0n) is 12.6. The molecule has 2 N–H and O–H groups in total. The Hall–Kier alpha value is -0.770. The molecule has 1 amide bonds. The van der Waals surface area contributed by atoms with Crippen molar-refractivity contribution < 1.29 is 9.53 Å². The van der Waals surface area contributed by atoms with Crippen molar-refractivity contribution >= 4 is 6.09 Å². The molecule has 110 valence electrons. The molecule has 0 aromatic heterocycles. The minimum atomic E-state index is -0.403. The van der Waals surface area contributed by atoms with Crippen molar-refractivity contribution in [1.29, 1.82) is 0 Å². The predicted octanol–water partition coefficient (Wildman–Crippen LogP) is 2.91. The molecular formula is C15H28N2O2. The third-order valence-corrected chi connectivity index (χ3v) is 4.11. The fourth-order valence-corrected chi connectivity index (χ4v) is 2.70. The summed E-state index contributed by atoms with van der Waals surface area (Å²) in [5.41, 5.74) is 5.87. The molecular weight excluding hydrogens is 240 g/mol. The largest absolute Gasteiger partial charge is 0.444 e. The summed E-state index contributed by atoms with van der Waals surface area (Å²) in [6.45, 7) is 7.41. The Bertz CT molecular complexity index is 332. The fourth-order valence-electron chi connectivity index (χ4n) is 2.70. The van der Waals surface area contributed by atoms with E-state index in [9.17, 15) is 4.79 Å². The van der Waals surface area contributed by atoms with Gasteiger partial charge in [-0.3, -0.25) is 0 Å². The van der Waals surface area contributed by atoms with Crippen LogP contribution in [0.3, 0.4) is 0 Å². The maximum absolute atomic E-state index is 12.1. The number of likely N-dealkylation sites (tertiary alicyclic amines) is 1. The van der Waals surface area contributed by atoms with Gasteiger partial charge in [0.25, 0.3) is 0 Å². The summed E-state index contributed by atoms with van der Waals surface area (Å²) in [6.07, 6.45) is 6.75. The van der Waals surface area contributed by atoms with E-state index in [1.54, 1.807) is 0 Å². The summed E-state index contributed by atoms with van der Waals surface area (Å²) in [4.78, 5) is 13.9. The molecule has 2 aliphatic rings. The third kappa shape index (κ3) is 4.68. The van der Waals surface area contributed by atoms with Gasteiger partial charge in [0.2, 0.25) is 0 Å². The Morgan fingerprint density at radius 2 is 2.11 bits per heavy atom. The molecule has 1 heterocycles. The maximum Gasteiger partial charge on any atom is 0.410 e. The van der Waals surface area contributed by atoms with Crippen LogP contribution < -0.4 is 5.73 Å². The SMILES string of the molecule is CC(C)(C)OC(=O)N1CCCC(CCC2(N)CC2)C1. The highest BCUT2D eigenvalue weighted by atomic mass is 16.6. The molecule has 0 bridgehead atoms. The standard InChI is InChI=1S/C15H28N2O2/c1-14(2,3)19-13(18)17-10-4-5-12(11-17)6-7-15(16)8-9-15/h12H,4-11,16H2,1-3H3. The number of hydrogen-bond donors (Lipinski definition) is 1. The Morgan fingerprint density at radius 3 is 2.68 bits per heavy atom. The number of nitrogens with two attached hydrogens (primary N) is 1. The number of carbonyl (C=O) groups excluding carboxylic acids is 1. The van der Waals surface area contributed by atoms with Gasteiger partial charge in [-0.05, 0) is 65.2 Å². The topological polar surface area (TPSA) is 55.6 Å². The van der Waals surface area contributed by atoms with E-state index in [1.165, 1.54) is 19.3 Å². The number of nitrogens with zero attached hydrogens (tertiary/aromatic N) is 1.